The number of ketones is 1. The number of hydrogen-bond acceptors (Lipinski definition) is 4. The second-order valence-electron chi connectivity index (χ2n) is 6.91. The highest BCUT2D eigenvalue weighted by molar-refractivity contribution is 6.31. The van der Waals surface area contributed by atoms with Crippen LogP contribution in [0.25, 0.3) is 0 Å². The predicted octanol–water partition coefficient (Wildman–Crippen LogP) is 4.45. The average molecular weight is 360 g/mol. The molecule has 1 aliphatic heterocycles. The van der Waals surface area contributed by atoms with E-state index in [1.165, 1.54) is 11.2 Å². The number of rotatable bonds is 3. The van der Waals surface area contributed by atoms with E-state index >= 15 is 0 Å². The summed E-state index contributed by atoms with van der Waals surface area (Å²) in [6.07, 6.45) is 1.46. The minimum atomic E-state index is -0.840. The lowest BCUT2D eigenvalue weighted by Gasteiger charge is -2.27. The minimum absolute atomic E-state index is 0.0347. The van der Waals surface area contributed by atoms with Crippen LogP contribution in [0.15, 0.2) is 58.4 Å². The quantitative estimate of drug-likeness (QED) is 0.878. The van der Waals surface area contributed by atoms with Crippen LogP contribution in [-0.4, -0.2) is 16.8 Å². The second kappa shape index (κ2) is 6.08. The van der Waals surface area contributed by atoms with Gasteiger partial charge in [0.15, 0.2) is 11.5 Å². The maximum Gasteiger partial charge on any atom is 0.294 e. The van der Waals surface area contributed by atoms with Gasteiger partial charge in [-0.05, 0) is 30.3 Å². The molecule has 130 valence electrons. The summed E-state index contributed by atoms with van der Waals surface area (Å²) in [6.45, 7) is 5.21. The molecule has 1 aromatic carbocycles. The summed E-state index contributed by atoms with van der Waals surface area (Å²) in [6, 6.07) is 9.18. The SMILES string of the molecule is CC(C)(C)C(=O)C1=C(O)C(=O)N(c2cccc(Cl)c2)C1c1ccco1. The Kier molecular flexibility index (Phi) is 4.21. The van der Waals surface area contributed by atoms with E-state index in [4.69, 9.17) is 16.0 Å². The van der Waals surface area contributed by atoms with Gasteiger partial charge in [0, 0.05) is 16.1 Å². The van der Waals surface area contributed by atoms with E-state index in [0.29, 0.717) is 16.5 Å². The summed E-state index contributed by atoms with van der Waals surface area (Å²) in [5, 5.41) is 10.9. The molecule has 1 N–H and O–H groups in total. The highest BCUT2D eigenvalue weighted by Crippen LogP contribution is 2.43. The highest BCUT2D eigenvalue weighted by atomic mass is 35.5. The third kappa shape index (κ3) is 2.96. The minimum Gasteiger partial charge on any atom is -0.503 e. The number of Topliss-reactive ketones (excluding diaryl/α,β-unsaturated/α-hetero) is 1. The Labute approximate surface area is 150 Å². The van der Waals surface area contributed by atoms with Gasteiger partial charge >= 0.3 is 0 Å². The monoisotopic (exact) mass is 359 g/mol. The van der Waals surface area contributed by atoms with Crippen molar-refractivity contribution in [1.82, 2.24) is 0 Å². The lowest BCUT2D eigenvalue weighted by molar-refractivity contribution is -0.123. The van der Waals surface area contributed by atoms with Crippen LogP contribution in [-0.2, 0) is 9.59 Å². The number of aliphatic hydroxyl groups is 1. The van der Waals surface area contributed by atoms with Crippen LogP contribution >= 0.6 is 11.6 Å². The Balaban J connectivity index is 2.18. The normalized spacial score (nSPS) is 18.2. The highest BCUT2D eigenvalue weighted by Gasteiger charge is 2.47. The van der Waals surface area contributed by atoms with Crippen molar-refractivity contribution >= 4 is 29.0 Å². The van der Waals surface area contributed by atoms with Crippen molar-refractivity contribution in [3.63, 3.8) is 0 Å². The fraction of sp³-hybridized carbons (Fsp3) is 0.263. The van der Waals surface area contributed by atoms with Crippen LogP contribution in [0.3, 0.4) is 0 Å². The Morgan fingerprint density at radius 1 is 1.24 bits per heavy atom. The molecule has 0 saturated carbocycles. The largest absolute Gasteiger partial charge is 0.503 e. The first kappa shape index (κ1) is 17.3. The zero-order chi connectivity index (χ0) is 18.4. The molecule has 6 heteroatoms. The molecule has 1 unspecified atom stereocenters. The van der Waals surface area contributed by atoms with Crippen molar-refractivity contribution in [2.24, 2.45) is 5.41 Å². The number of halogens is 1. The summed E-state index contributed by atoms with van der Waals surface area (Å²) in [7, 11) is 0. The molecule has 0 radical (unpaired) electrons. The van der Waals surface area contributed by atoms with Crippen molar-refractivity contribution in [3.05, 3.63) is 64.8 Å². The molecule has 1 aromatic heterocycles. The third-order valence-electron chi connectivity index (χ3n) is 4.03. The van der Waals surface area contributed by atoms with Crippen molar-refractivity contribution in [1.29, 1.82) is 0 Å². The Morgan fingerprint density at radius 3 is 2.52 bits per heavy atom. The van der Waals surface area contributed by atoms with Crippen LogP contribution in [0.5, 0.6) is 0 Å². The van der Waals surface area contributed by atoms with Gasteiger partial charge in [-0.1, -0.05) is 38.4 Å². The fourth-order valence-electron chi connectivity index (χ4n) is 2.85. The van der Waals surface area contributed by atoms with Crippen LogP contribution in [0.2, 0.25) is 5.02 Å². The van der Waals surface area contributed by atoms with Gasteiger partial charge in [0.2, 0.25) is 0 Å². The summed E-state index contributed by atoms with van der Waals surface area (Å²) in [5.41, 5.74) is -0.256. The predicted molar refractivity (Wildman–Crippen MR) is 94.5 cm³/mol. The zero-order valence-corrected chi connectivity index (χ0v) is 14.9. The molecule has 0 bridgehead atoms. The van der Waals surface area contributed by atoms with Gasteiger partial charge in [-0.2, -0.15) is 0 Å². The smallest absolute Gasteiger partial charge is 0.294 e. The number of carbonyl (C=O) groups excluding carboxylic acids is 2. The van der Waals surface area contributed by atoms with E-state index in [-0.39, 0.29) is 11.4 Å². The van der Waals surface area contributed by atoms with Crippen LogP contribution < -0.4 is 4.90 Å². The maximum atomic E-state index is 12.9. The number of aliphatic hydroxyl groups excluding tert-OH is 1. The number of benzene rings is 1. The number of anilines is 1. The molecule has 1 aliphatic rings. The van der Waals surface area contributed by atoms with Crippen LogP contribution in [0.1, 0.15) is 32.6 Å². The maximum absolute atomic E-state index is 12.9. The van der Waals surface area contributed by atoms with Crippen molar-refractivity contribution in [2.45, 2.75) is 26.8 Å². The molecule has 2 heterocycles. The van der Waals surface area contributed by atoms with Gasteiger partial charge in [0.1, 0.15) is 11.8 Å². The average Bonchev–Trinajstić information content (AvgIpc) is 3.13. The first-order valence-electron chi connectivity index (χ1n) is 7.82. The Morgan fingerprint density at radius 2 is 1.96 bits per heavy atom. The molecular weight excluding hydrogens is 342 g/mol. The summed E-state index contributed by atoms with van der Waals surface area (Å²) < 4.78 is 5.46. The van der Waals surface area contributed by atoms with E-state index in [9.17, 15) is 14.7 Å². The molecule has 1 atom stereocenters. The van der Waals surface area contributed by atoms with Gasteiger partial charge in [0.05, 0.1) is 11.8 Å². The van der Waals surface area contributed by atoms with Gasteiger partial charge in [0.25, 0.3) is 5.91 Å². The standard InChI is InChI=1S/C19H18ClNO4/c1-19(2,3)17(23)14-15(13-8-5-9-25-13)21(18(24)16(14)22)12-7-4-6-11(20)10-12/h4-10,15,22H,1-3H3. The Hall–Kier alpha value is -2.53. The van der Waals surface area contributed by atoms with Crippen LogP contribution in [0, 0.1) is 5.41 Å². The molecule has 3 rings (SSSR count). The number of nitrogens with zero attached hydrogens (tertiary/aromatic N) is 1. The number of carbonyl (C=O) groups is 2. The van der Waals surface area contributed by atoms with E-state index in [2.05, 4.69) is 0 Å². The summed E-state index contributed by atoms with van der Waals surface area (Å²) in [4.78, 5) is 27.0. The number of furan rings is 1. The molecule has 1 amide bonds. The van der Waals surface area contributed by atoms with Crippen molar-refractivity contribution in [2.75, 3.05) is 4.90 Å². The molecule has 0 spiro atoms. The third-order valence-corrected chi connectivity index (χ3v) is 4.27. The van der Waals surface area contributed by atoms with Gasteiger partial charge in [-0.25, -0.2) is 0 Å². The van der Waals surface area contributed by atoms with E-state index in [1.807, 2.05) is 0 Å². The molecular formula is C19H18ClNO4. The first-order chi connectivity index (χ1) is 11.7. The lowest BCUT2D eigenvalue weighted by Crippen LogP contribution is -2.32. The summed E-state index contributed by atoms with van der Waals surface area (Å²) >= 11 is 6.05. The molecule has 5 nitrogen and oxygen atoms in total. The van der Waals surface area contributed by atoms with E-state index < -0.39 is 23.1 Å². The molecule has 0 saturated heterocycles. The van der Waals surface area contributed by atoms with Crippen LogP contribution in [0.4, 0.5) is 5.69 Å². The molecule has 0 fully saturated rings. The first-order valence-corrected chi connectivity index (χ1v) is 8.20. The molecule has 25 heavy (non-hydrogen) atoms. The van der Waals surface area contributed by atoms with Crippen molar-refractivity contribution < 1.29 is 19.1 Å². The van der Waals surface area contributed by atoms with Gasteiger partial charge in [-0.15, -0.1) is 0 Å². The second-order valence-corrected chi connectivity index (χ2v) is 7.35. The number of hydrogen-bond donors (Lipinski definition) is 1. The van der Waals surface area contributed by atoms with Gasteiger partial charge < -0.3 is 9.52 Å². The molecule has 2 aromatic rings. The topological polar surface area (TPSA) is 70.8 Å². The number of amides is 1. The lowest BCUT2D eigenvalue weighted by atomic mass is 9.83. The fourth-order valence-corrected chi connectivity index (χ4v) is 3.03. The zero-order valence-electron chi connectivity index (χ0n) is 14.1. The van der Waals surface area contributed by atoms with E-state index in [0.717, 1.165) is 0 Å². The molecule has 0 aliphatic carbocycles. The van der Waals surface area contributed by atoms with Gasteiger partial charge in [-0.3, -0.25) is 14.5 Å². The van der Waals surface area contributed by atoms with E-state index in [1.54, 1.807) is 57.2 Å². The van der Waals surface area contributed by atoms with Crippen molar-refractivity contribution in [3.8, 4) is 0 Å². The summed E-state index contributed by atoms with van der Waals surface area (Å²) in [5.74, 6) is -1.13. The Bertz CT molecular complexity index is 862.